The molecule has 1 aromatic rings. The van der Waals surface area contributed by atoms with Crippen molar-refractivity contribution in [2.75, 3.05) is 0 Å². The molecule has 0 aliphatic carbocycles. The lowest BCUT2D eigenvalue weighted by Crippen LogP contribution is -1.97. The molecule has 0 aliphatic heterocycles. The van der Waals surface area contributed by atoms with Crippen LogP contribution in [-0.2, 0) is 0 Å². The fraction of sp³-hybridized carbons (Fsp3) is 0. The van der Waals surface area contributed by atoms with Crippen molar-refractivity contribution in [1.29, 1.82) is 3.70 Å². The molecule has 0 aliphatic rings. The molecule has 0 spiro atoms. The molecule has 1 rings (SSSR count). The van der Waals surface area contributed by atoms with Crippen LogP contribution in [0.5, 0.6) is 0 Å². The van der Waals surface area contributed by atoms with Gasteiger partial charge in [0.15, 0.2) is 0 Å². The van der Waals surface area contributed by atoms with Crippen LogP contribution in [0.15, 0.2) is 24.3 Å². The topological polar surface area (TPSA) is 0 Å². The maximum absolute atomic E-state index is 7.17. The molecule has 0 fully saturated rings. The zero-order valence-corrected chi connectivity index (χ0v) is 5.94. The van der Waals surface area contributed by atoms with E-state index in [1.807, 2.05) is 0 Å². The van der Waals surface area contributed by atoms with Gasteiger partial charge in [0, 0.05) is 18.8 Å². The van der Waals surface area contributed by atoms with Crippen molar-refractivity contribution in [3.8, 4) is 0 Å². The average molecular weight is 149 g/mol. The molecule has 0 atom stereocenters. The van der Waals surface area contributed by atoms with E-state index in [2.05, 4.69) is 0 Å². The third-order valence-corrected chi connectivity index (χ3v) is 1.43. The number of hydrogen-bond donors (Lipinski definition) is 0. The Morgan fingerprint density at radius 3 is 2.50 bits per heavy atom. The zero-order valence-electron chi connectivity index (χ0n) is 7.19. The third-order valence-electron chi connectivity index (χ3n) is 0.844. The van der Waals surface area contributed by atoms with E-state index in [0.29, 0.717) is 10.2 Å². The highest BCUT2D eigenvalue weighted by Crippen LogP contribution is 2.02. The fourth-order valence-electron chi connectivity index (χ4n) is 0.450. The highest BCUT2D eigenvalue weighted by atomic mass is 35.5. The molecule has 0 amide bonds. The van der Waals surface area contributed by atoms with Gasteiger partial charge in [0.2, 0.25) is 0 Å². The van der Waals surface area contributed by atoms with Crippen LogP contribution in [-0.4, -0.2) is 13.7 Å². The summed E-state index contributed by atoms with van der Waals surface area (Å²) in [6.45, 7) is 0. The molecule has 8 heavy (non-hydrogen) atoms. The molecule has 0 bridgehead atoms. The van der Waals surface area contributed by atoms with E-state index < -0.39 is 10.0 Å². The van der Waals surface area contributed by atoms with Crippen LogP contribution in [0.2, 0.25) is 5.02 Å². The maximum Gasteiger partial charge on any atom is 0.0405 e. The fourth-order valence-corrected chi connectivity index (χ4v) is 0.743. The van der Waals surface area contributed by atoms with E-state index in [1.165, 1.54) is 0 Å². The maximum atomic E-state index is 7.17. The van der Waals surface area contributed by atoms with Crippen LogP contribution in [0.1, 0.15) is 0 Å². The smallest absolute Gasteiger partial charge is 0.0405 e. The summed E-state index contributed by atoms with van der Waals surface area (Å²) in [5.41, 5.74) is 0. The monoisotopic (exact) mass is 148 g/mol. The van der Waals surface area contributed by atoms with Gasteiger partial charge < -0.3 is 0 Å². The van der Waals surface area contributed by atoms with Crippen LogP contribution < -0.4 is 5.19 Å². The van der Waals surface area contributed by atoms with Gasteiger partial charge in [-0.25, -0.2) is 0 Å². The van der Waals surface area contributed by atoms with Crippen LogP contribution in [0.4, 0.5) is 0 Å². The van der Waals surface area contributed by atoms with Crippen LogP contribution in [0, 0.1) is 0 Å². The van der Waals surface area contributed by atoms with Crippen LogP contribution in [0.25, 0.3) is 0 Å². The Hall–Kier alpha value is -0.273. The Labute approximate surface area is 60.6 Å². The Bertz CT molecular complexity index is 241. The molecule has 42 valence electrons. The predicted molar refractivity (Wildman–Crippen MR) is 41.0 cm³/mol. The van der Waals surface area contributed by atoms with Gasteiger partial charge in [0.1, 0.15) is 0 Å². The highest BCUT2D eigenvalue weighted by Gasteiger charge is 1.81. The molecule has 2 heteroatoms. The van der Waals surface area contributed by atoms with Crippen molar-refractivity contribution in [2.24, 2.45) is 0 Å². The quantitative estimate of drug-likeness (QED) is 0.504. The Kier molecular flexibility index (Phi) is 0.886. The van der Waals surface area contributed by atoms with E-state index in [4.69, 9.17) is 15.3 Å². The van der Waals surface area contributed by atoms with Crippen molar-refractivity contribution in [3.63, 3.8) is 0 Å². The van der Waals surface area contributed by atoms with Crippen molar-refractivity contribution < 1.29 is 0 Å². The van der Waals surface area contributed by atoms with Gasteiger partial charge in [-0.3, -0.25) is 0 Å². The number of halogens is 1. The summed E-state index contributed by atoms with van der Waals surface area (Å²) in [6, 6.07) is 6.36. The first-order valence-corrected chi connectivity index (χ1v) is 3.14. The first-order valence-electron chi connectivity index (χ1n) is 3.76. The average Bonchev–Trinajstić information content (AvgIpc) is 1.86. The lowest BCUT2D eigenvalue weighted by molar-refractivity contribution is 1.77. The van der Waals surface area contributed by atoms with E-state index in [0.717, 1.165) is 0 Å². The Morgan fingerprint density at radius 2 is 2.00 bits per heavy atom. The molecular weight excluding hydrogens is 136 g/mol. The van der Waals surface area contributed by atoms with Gasteiger partial charge >= 0.3 is 0 Å². The molecule has 0 heterocycles. The van der Waals surface area contributed by atoms with Crippen LogP contribution in [0.3, 0.4) is 0 Å². The second-order valence-corrected chi connectivity index (χ2v) is 2.52. The van der Waals surface area contributed by atoms with Gasteiger partial charge in [0.25, 0.3) is 0 Å². The minimum Gasteiger partial charge on any atom is -0.0843 e. The summed E-state index contributed by atoms with van der Waals surface area (Å²) in [7, 11) is -3.36. The largest absolute Gasteiger partial charge is 0.0843 e. The minimum absolute atomic E-state index is 0.460. The lowest BCUT2D eigenvalue weighted by Gasteiger charge is -1.88. The molecule has 0 unspecified atom stereocenters. The summed E-state index contributed by atoms with van der Waals surface area (Å²) >= 11 is 5.59. The van der Waals surface area contributed by atoms with Gasteiger partial charge in [-0.2, -0.15) is 0 Å². The summed E-state index contributed by atoms with van der Waals surface area (Å²) in [6.07, 6.45) is 0. The molecule has 0 N–H and O–H groups in total. The van der Waals surface area contributed by atoms with Gasteiger partial charge in [-0.05, 0) is 12.1 Å². The van der Waals surface area contributed by atoms with Gasteiger partial charge in [-0.15, -0.1) is 0 Å². The lowest BCUT2D eigenvalue weighted by atomic mass is 10.4. The predicted octanol–water partition coefficient (Wildman–Crippen LogP) is 0.331. The second-order valence-electron chi connectivity index (χ2n) is 1.51. The second kappa shape index (κ2) is 2.33. The molecule has 0 aromatic heterocycles. The Balaban J connectivity index is 2.99. The van der Waals surface area contributed by atoms with Gasteiger partial charge in [-0.1, -0.05) is 28.9 Å². The van der Waals surface area contributed by atoms with E-state index in [-0.39, 0.29) is 0 Å². The van der Waals surface area contributed by atoms with Crippen molar-refractivity contribution >= 4 is 26.8 Å². The number of rotatable bonds is 1. The standard InChI is InChI=1S/C6H7ClSi/c7-5-1-3-6(8)4-2-5/h1-4H,8H3/i8T3. The summed E-state index contributed by atoms with van der Waals surface area (Å²) < 4.78 is 21.5. The SMILES string of the molecule is [3H][Si]([3H])([3H])c1ccc(Cl)cc1. The van der Waals surface area contributed by atoms with Crippen LogP contribution >= 0.6 is 11.6 Å². The highest BCUT2D eigenvalue weighted by molar-refractivity contribution is 6.34. The zero-order chi connectivity index (χ0) is 8.48. The number of hydrogen-bond acceptors (Lipinski definition) is 0. The van der Waals surface area contributed by atoms with Crippen molar-refractivity contribution in [1.82, 2.24) is 0 Å². The minimum atomic E-state index is -3.36. The first kappa shape index (κ1) is 3.04. The molecule has 0 saturated heterocycles. The molecular formula is C6H7ClSi. The molecule has 0 radical (unpaired) electrons. The van der Waals surface area contributed by atoms with Gasteiger partial charge in [0.05, 0.1) is 0 Å². The molecule has 0 saturated carbocycles. The summed E-state index contributed by atoms with van der Waals surface area (Å²) in [5, 5.41) is 1.04. The van der Waals surface area contributed by atoms with Crippen molar-refractivity contribution in [3.05, 3.63) is 29.3 Å². The van der Waals surface area contributed by atoms with E-state index in [1.54, 1.807) is 24.3 Å². The van der Waals surface area contributed by atoms with E-state index >= 15 is 0 Å². The first-order chi connectivity index (χ1) is 5.00. The number of benzene rings is 1. The summed E-state index contributed by atoms with van der Waals surface area (Å²) in [5.74, 6) is 0. The molecule has 0 nitrogen and oxygen atoms in total. The normalized spacial score (nSPS) is 16.4. The Morgan fingerprint density at radius 1 is 1.38 bits per heavy atom. The van der Waals surface area contributed by atoms with Crippen molar-refractivity contribution in [2.45, 2.75) is 0 Å². The molecule has 1 aromatic carbocycles. The summed E-state index contributed by atoms with van der Waals surface area (Å²) in [4.78, 5) is 0. The van der Waals surface area contributed by atoms with E-state index in [9.17, 15) is 0 Å². The third kappa shape index (κ3) is 1.35.